The monoisotopic (exact) mass is 228 g/mol. The lowest BCUT2D eigenvalue weighted by Gasteiger charge is -2.40. The topological polar surface area (TPSA) is 9.23 Å². The molecule has 0 saturated heterocycles. The molecule has 0 unspecified atom stereocenters. The van der Waals surface area contributed by atoms with Crippen molar-refractivity contribution in [2.45, 2.75) is 25.9 Å². The lowest BCUT2D eigenvalue weighted by Crippen LogP contribution is -2.36. The second kappa shape index (κ2) is 4.69. The molecule has 0 radical (unpaired) electrons. The summed E-state index contributed by atoms with van der Waals surface area (Å²) in [6, 6.07) is 4.19. The lowest BCUT2D eigenvalue weighted by molar-refractivity contribution is 0.00312. The Kier molecular flexibility index (Phi) is 3.52. The SMILES string of the molecule is SCC1(COCc2cccs2)CCC1. The zero-order chi connectivity index (χ0) is 9.86. The van der Waals surface area contributed by atoms with Crippen LogP contribution in [0.5, 0.6) is 0 Å². The number of hydrogen-bond donors (Lipinski definition) is 1. The molecule has 1 heterocycles. The Morgan fingerprint density at radius 3 is 2.86 bits per heavy atom. The molecule has 1 saturated carbocycles. The van der Waals surface area contributed by atoms with Crippen LogP contribution >= 0.6 is 24.0 Å². The Bertz CT molecular complexity index is 259. The van der Waals surface area contributed by atoms with Gasteiger partial charge in [-0.1, -0.05) is 12.5 Å². The number of thiol groups is 1. The highest BCUT2D eigenvalue weighted by atomic mass is 32.1. The van der Waals surface area contributed by atoms with Crippen molar-refractivity contribution in [1.82, 2.24) is 0 Å². The molecular formula is C11H16OS2. The third-order valence-electron chi connectivity index (χ3n) is 2.98. The third kappa shape index (κ3) is 2.33. The van der Waals surface area contributed by atoms with Gasteiger partial charge in [0, 0.05) is 10.3 Å². The predicted octanol–water partition coefficient (Wildman–Crippen LogP) is 3.36. The largest absolute Gasteiger partial charge is 0.375 e. The summed E-state index contributed by atoms with van der Waals surface area (Å²) in [5, 5.41) is 2.09. The standard InChI is InChI=1S/C11H16OS2/c13-9-11(4-2-5-11)8-12-7-10-3-1-6-14-10/h1,3,6,13H,2,4-5,7-9H2. The zero-order valence-corrected chi connectivity index (χ0v) is 9.95. The van der Waals surface area contributed by atoms with Gasteiger partial charge in [0.1, 0.15) is 0 Å². The van der Waals surface area contributed by atoms with Crippen molar-refractivity contribution in [3.63, 3.8) is 0 Å². The maximum Gasteiger partial charge on any atom is 0.0809 e. The van der Waals surface area contributed by atoms with Crippen LogP contribution < -0.4 is 0 Å². The van der Waals surface area contributed by atoms with E-state index >= 15 is 0 Å². The van der Waals surface area contributed by atoms with Gasteiger partial charge in [0.05, 0.1) is 13.2 Å². The van der Waals surface area contributed by atoms with Crippen LogP contribution in [0.25, 0.3) is 0 Å². The summed E-state index contributed by atoms with van der Waals surface area (Å²) in [4.78, 5) is 1.32. The van der Waals surface area contributed by atoms with Crippen LogP contribution in [-0.4, -0.2) is 12.4 Å². The van der Waals surface area contributed by atoms with Gasteiger partial charge in [0.15, 0.2) is 0 Å². The van der Waals surface area contributed by atoms with Gasteiger partial charge >= 0.3 is 0 Å². The molecule has 3 heteroatoms. The van der Waals surface area contributed by atoms with Crippen LogP contribution in [0.15, 0.2) is 17.5 Å². The van der Waals surface area contributed by atoms with Gasteiger partial charge in [-0.25, -0.2) is 0 Å². The summed E-state index contributed by atoms with van der Waals surface area (Å²) < 4.78 is 5.74. The fraction of sp³-hybridized carbons (Fsp3) is 0.636. The van der Waals surface area contributed by atoms with E-state index in [2.05, 4.69) is 30.1 Å². The van der Waals surface area contributed by atoms with Gasteiger partial charge in [-0.2, -0.15) is 12.6 Å². The van der Waals surface area contributed by atoms with E-state index in [1.54, 1.807) is 11.3 Å². The van der Waals surface area contributed by atoms with Crippen molar-refractivity contribution < 1.29 is 4.74 Å². The molecule has 1 nitrogen and oxygen atoms in total. The third-order valence-corrected chi connectivity index (χ3v) is 4.50. The molecule has 1 aliphatic carbocycles. The molecule has 1 fully saturated rings. The van der Waals surface area contributed by atoms with E-state index in [1.807, 2.05) is 0 Å². The molecule has 0 bridgehead atoms. The molecule has 1 aromatic rings. The Hall–Kier alpha value is 0.01000. The molecule has 0 atom stereocenters. The van der Waals surface area contributed by atoms with Crippen LogP contribution in [-0.2, 0) is 11.3 Å². The summed E-state index contributed by atoms with van der Waals surface area (Å²) in [7, 11) is 0. The number of ether oxygens (including phenoxy) is 1. The average molecular weight is 228 g/mol. The van der Waals surface area contributed by atoms with E-state index in [0.717, 1.165) is 19.0 Å². The summed E-state index contributed by atoms with van der Waals surface area (Å²) in [6.45, 7) is 1.65. The first kappa shape index (κ1) is 10.5. The molecule has 1 aromatic heterocycles. The smallest absolute Gasteiger partial charge is 0.0809 e. The number of rotatable bonds is 5. The Morgan fingerprint density at radius 2 is 2.36 bits per heavy atom. The van der Waals surface area contributed by atoms with Crippen LogP contribution in [0.3, 0.4) is 0 Å². The summed E-state index contributed by atoms with van der Waals surface area (Å²) in [5.74, 6) is 0.970. The first-order chi connectivity index (χ1) is 6.85. The highest BCUT2D eigenvalue weighted by molar-refractivity contribution is 7.80. The van der Waals surface area contributed by atoms with E-state index in [1.165, 1.54) is 24.1 Å². The summed E-state index contributed by atoms with van der Waals surface area (Å²) in [6.07, 6.45) is 3.94. The fourth-order valence-corrected chi connectivity index (χ4v) is 2.84. The molecule has 0 N–H and O–H groups in total. The normalized spacial score (nSPS) is 19.2. The Balaban J connectivity index is 1.72. The van der Waals surface area contributed by atoms with Crippen LogP contribution in [0.4, 0.5) is 0 Å². The fourth-order valence-electron chi connectivity index (χ4n) is 1.79. The Morgan fingerprint density at radius 1 is 1.50 bits per heavy atom. The first-order valence-corrected chi connectivity index (χ1v) is 6.57. The lowest BCUT2D eigenvalue weighted by atomic mass is 9.71. The van der Waals surface area contributed by atoms with Crippen LogP contribution in [0.1, 0.15) is 24.1 Å². The molecule has 0 aromatic carbocycles. The van der Waals surface area contributed by atoms with Gasteiger partial charge in [-0.15, -0.1) is 11.3 Å². The van der Waals surface area contributed by atoms with Gasteiger partial charge in [0.25, 0.3) is 0 Å². The molecule has 0 spiro atoms. The summed E-state index contributed by atoms with van der Waals surface area (Å²) >= 11 is 6.17. The predicted molar refractivity (Wildman–Crippen MR) is 64.1 cm³/mol. The second-order valence-electron chi connectivity index (χ2n) is 4.08. The Labute approximate surface area is 94.9 Å². The first-order valence-electron chi connectivity index (χ1n) is 5.06. The molecular weight excluding hydrogens is 212 g/mol. The minimum atomic E-state index is 0.403. The van der Waals surface area contributed by atoms with E-state index in [4.69, 9.17) is 4.74 Å². The maximum absolute atomic E-state index is 5.74. The van der Waals surface area contributed by atoms with Crippen LogP contribution in [0, 0.1) is 5.41 Å². The van der Waals surface area contributed by atoms with Crippen LogP contribution in [0.2, 0.25) is 0 Å². The van der Waals surface area contributed by atoms with Gasteiger partial charge in [-0.05, 0) is 30.0 Å². The molecule has 14 heavy (non-hydrogen) atoms. The van der Waals surface area contributed by atoms with Gasteiger partial charge < -0.3 is 4.74 Å². The summed E-state index contributed by atoms with van der Waals surface area (Å²) in [5.41, 5.74) is 0.403. The molecule has 78 valence electrons. The van der Waals surface area contributed by atoms with Crippen molar-refractivity contribution >= 4 is 24.0 Å². The van der Waals surface area contributed by atoms with Crippen molar-refractivity contribution in [1.29, 1.82) is 0 Å². The van der Waals surface area contributed by atoms with E-state index in [-0.39, 0.29) is 0 Å². The van der Waals surface area contributed by atoms with Crippen molar-refractivity contribution in [3.05, 3.63) is 22.4 Å². The van der Waals surface area contributed by atoms with Crippen molar-refractivity contribution in [3.8, 4) is 0 Å². The van der Waals surface area contributed by atoms with Crippen molar-refractivity contribution in [2.24, 2.45) is 5.41 Å². The number of thiophene rings is 1. The molecule has 2 rings (SSSR count). The molecule has 0 aliphatic heterocycles. The van der Waals surface area contributed by atoms with Gasteiger partial charge in [-0.3, -0.25) is 0 Å². The average Bonchev–Trinajstić information content (AvgIpc) is 2.62. The highest BCUT2D eigenvalue weighted by Gasteiger charge is 2.35. The molecule has 0 amide bonds. The van der Waals surface area contributed by atoms with E-state index < -0.39 is 0 Å². The maximum atomic E-state index is 5.74. The van der Waals surface area contributed by atoms with Crippen molar-refractivity contribution in [2.75, 3.05) is 12.4 Å². The highest BCUT2D eigenvalue weighted by Crippen LogP contribution is 2.42. The minimum absolute atomic E-state index is 0.403. The van der Waals surface area contributed by atoms with E-state index in [0.29, 0.717) is 5.41 Å². The quantitative estimate of drug-likeness (QED) is 0.760. The van der Waals surface area contributed by atoms with Gasteiger partial charge in [0.2, 0.25) is 0 Å². The minimum Gasteiger partial charge on any atom is -0.375 e. The second-order valence-corrected chi connectivity index (χ2v) is 5.43. The molecule has 1 aliphatic rings. The number of hydrogen-bond acceptors (Lipinski definition) is 3. The zero-order valence-electron chi connectivity index (χ0n) is 8.24. The van der Waals surface area contributed by atoms with E-state index in [9.17, 15) is 0 Å².